The lowest BCUT2D eigenvalue weighted by Gasteiger charge is -2.04. The Morgan fingerprint density at radius 1 is 1.11 bits per heavy atom. The third-order valence-electron chi connectivity index (χ3n) is 2.48. The van der Waals surface area contributed by atoms with E-state index in [0.717, 1.165) is 24.4 Å². The van der Waals surface area contributed by atoms with Crippen LogP contribution in [-0.4, -0.2) is 9.97 Å². The average molecular weight is 442 g/mol. The Morgan fingerprint density at radius 3 is 2.42 bits per heavy atom. The Morgan fingerprint density at radius 2 is 1.79 bits per heavy atom. The van der Waals surface area contributed by atoms with Gasteiger partial charge in [-0.05, 0) is 40.8 Å². The number of fused-ring (bicyclic) bond motifs is 1. The van der Waals surface area contributed by atoms with Crippen molar-refractivity contribution in [1.82, 2.24) is 9.97 Å². The van der Waals surface area contributed by atoms with Gasteiger partial charge in [0, 0.05) is 15.3 Å². The molecule has 0 aliphatic carbocycles. The summed E-state index contributed by atoms with van der Waals surface area (Å²) in [5, 5.41) is 2.36. The predicted octanol–water partition coefficient (Wildman–Crippen LogP) is 5.92. The molecule has 3 aromatic rings. The first-order valence-corrected chi connectivity index (χ1v) is 8.15. The fraction of sp³-hybridized carbons (Fsp3) is 0. The summed E-state index contributed by atoms with van der Waals surface area (Å²) < 4.78 is 1.82. The number of halogens is 4. The van der Waals surface area contributed by atoms with E-state index in [4.69, 9.17) is 34.8 Å². The van der Waals surface area contributed by atoms with Crippen LogP contribution in [0.5, 0.6) is 0 Å². The maximum atomic E-state index is 6.27. The summed E-state index contributed by atoms with van der Waals surface area (Å²) in [4.78, 5) is 8.56. The molecule has 0 amide bonds. The Kier molecular flexibility index (Phi) is 3.88. The number of hydrogen-bond donors (Lipinski definition) is 0. The highest BCUT2D eigenvalue weighted by Crippen LogP contribution is 2.40. The zero-order valence-corrected chi connectivity index (χ0v) is 14.4. The summed E-state index contributed by atoms with van der Waals surface area (Å²) >= 11 is 22.2. The van der Waals surface area contributed by atoms with Crippen molar-refractivity contribution in [2.24, 2.45) is 0 Å². The van der Waals surface area contributed by atoms with Gasteiger partial charge in [0.2, 0.25) is 0 Å². The molecule has 0 fully saturated rings. The lowest BCUT2D eigenvalue weighted by molar-refractivity contribution is 1.35. The van der Waals surface area contributed by atoms with Crippen LogP contribution in [0.15, 0.2) is 24.4 Å². The fourth-order valence-electron chi connectivity index (χ4n) is 1.68. The molecule has 0 unspecified atom stereocenters. The molecule has 2 heterocycles. The minimum Gasteiger partial charge on any atom is -0.243 e. The van der Waals surface area contributed by atoms with E-state index >= 15 is 0 Å². The van der Waals surface area contributed by atoms with Gasteiger partial charge in [-0.25, -0.2) is 9.97 Å². The Balaban J connectivity index is 2.28. The number of thiazole rings is 1. The number of rotatable bonds is 1. The summed E-state index contributed by atoms with van der Waals surface area (Å²) in [6.45, 7) is 0. The van der Waals surface area contributed by atoms with Crippen LogP contribution in [0, 0.1) is 3.57 Å². The molecular formula is C12H4Cl3IN2S. The molecule has 96 valence electrons. The molecule has 0 saturated carbocycles. The highest BCUT2D eigenvalue weighted by molar-refractivity contribution is 14.1. The third kappa shape index (κ3) is 2.56. The first-order valence-electron chi connectivity index (χ1n) is 5.12. The van der Waals surface area contributed by atoms with Gasteiger partial charge in [0.1, 0.15) is 10.2 Å². The first kappa shape index (κ1) is 13.8. The molecule has 0 aliphatic heterocycles. The van der Waals surface area contributed by atoms with Crippen LogP contribution in [0.4, 0.5) is 0 Å². The van der Waals surface area contributed by atoms with Gasteiger partial charge >= 0.3 is 0 Å². The molecule has 2 aromatic heterocycles. The van der Waals surface area contributed by atoms with Gasteiger partial charge in [-0.15, -0.1) is 11.3 Å². The minimum atomic E-state index is 0.444. The van der Waals surface area contributed by atoms with Crippen molar-refractivity contribution < 1.29 is 0 Å². The standard InChI is InChI=1S/C12H4Cl3IN2S/c13-6-3-5(16)4-7(14)9(6)12-18-8-1-2-17-11(15)10(8)19-12/h1-4H. The second kappa shape index (κ2) is 5.33. The topological polar surface area (TPSA) is 25.8 Å². The second-order valence-electron chi connectivity index (χ2n) is 3.71. The molecule has 7 heteroatoms. The van der Waals surface area contributed by atoms with Crippen molar-refractivity contribution in [2.75, 3.05) is 0 Å². The SMILES string of the molecule is Clc1cc(I)cc(Cl)c1-c1nc2ccnc(Cl)c2s1. The van der Waals surface area contributed by atoms with Crippen LogP contribution in [0.3, 0.4) is 0 Å². The highest BCUT2D eigenvalue weighted by atomic mass is 127. The van der Waals surface area contributed by atoms with Crippen LogP contribution in [0.1, 0.15) is 0 Å². The maximum absolute atomic E-state index is 6.27. The lowest BCUT2D eigenvalue weighted by atomic mass is 10.2. The number of nitrogens with zero attached hydrogens (tertiary/aromatic N) is 2. The smallest absolute Gasteiger partial charge is 0.148 e. The summed E-state index contributed by atoms with van der Waals surface area (Å²) in [5.41, 5.74) is 1.53. The molecule has 1 aromatic carbocycles. The molecule has 0 saturated heterocycles. The zero-order chi connectivity index (χ0) is 13.6. The first-order chi connectivity index (χ1) is 9.06. The molecule has 2 nitrogen and oxygen atoms in total. The fourth-order valence-corrected chi connectivity index (χ4v) is 4.73. The van der Waals surface area contributed by atoms with E-state index in [9.17, 15) is 0 Å². The van der Waals surface area contributed by atoms with E-state index in [1.807, 2.05) is 18.2 Å². The van der Waals surface area contributed by atoms with E-state index in [1.165, 1.54) is 11.3 Å². The Labute approximate surface area is 141 Å². The van der Waals surface area contributed by atoms with E-state index in [0.29, 0.717) is 15.2 Å². The highest BCUT2D eigenvalue weighted by Gasteiger charge is 2.15. The summed E-state index contributed by atoms with van der Waals surface area (Å²) in [7, 11) is 0. The molecule has 19 heavy (non-hydrogen) atoms. The average Bonchev–Trinajstić information content (AvgIpc) is 2.72. The van der Waals surface area contributed by atoms with E-state index in [1.54, 1.807) is 6.20 Å². The van der Waals surface area contributed by atoms with Crippen molar-refractivity contribution in [3.63, 3.8) is 0 Å². The van der Waals surface area contributed by atoms with Crippen LogP contribution in [0.25, 0.3) is 20.8 Å². The Hall–Kier alpha value is -0.140. The molecular weight excluding hydrogens is 437 g/mol. The van der Waals surface area contributed by atoms with Crippen molar-refractivity contribution in [3.8, 4) is 10.6 Å². The maximum Gasteiger partial charge on any atom is 0.148 e. The van der Waals surface area contributed by atoms with Gasteiger partial charge in [-0.1, -0.05) is 34.8 Å². The van der Waals surface area contributed by atoms with Gasteiger partial charge < -0.3 is 0 Å². The Bertz CT molecular complexity index is 765. The summed E-state index contributed by atoms with van der Waals surface area (Å²) in [5.74, 6) is 0. The van der Waals surface area contributed by atoms with Crippen molar-refractivity contribution in [1.29, 1.82) is 0 Å². The molecule has 0 spiro atoms. The van der Waals surface area contributed by atoms with Gasteiger partial charge in [-0.2, -0.15) is 0 Å². The van der Waals surface area contributed by atoms with Gasteiger partial charge in [-0.3, -0.25) is 0 Å². The molecule has 0 aliphatic rings. The molecule has 0 atom stereocenters. The van der Waals surface area contributed by atoms with Crippen LogP contribution in [0.2, 0.25) is 15.2 Å². The van der Waals surface area contributed by atoms with Crippen molar-refractivity contribution >= 4 is 78.9 Å². The van der Waals surface area contributed by atoms with Crippen LogP contribution < -0.4 is 0 Å². The lowest BCUT2D eigenvalue weighted by Crippen LogP contribution is -1.82. The number of hydrogen-bond acceptors (Lipinski definition) is 3. The van der Waals surface area contributed by atoms with Gasteiger partial charge in [0.25, 0.3) is 0 Å². The second-order valence-corrected chi connectivity index (χ2v) is 7.13. The summed E-state index contributed by atoms with van der Waals surface area (Å²) in [6.07, 6.45) is 1.63. The van der Waals surface area contributed by atoms with E-state index in [-0.39, 0.29) is 0 Å². The summed E-state index contributed by atoms with van der Waals surface area (Å²) in [6, 6.07) is 5.53. The zero-order valence-electron chi connectivity index (χ0n) is 9.12. The molecule has 0 radical (unpaired) electrons. The van der Waals surface area contributed by atoms with Crippen molar-refractivity contribution in [3.05, 3.63) is 43.2 Å². The normalized spacial score (nSPS) is 11.2. The third-order valence-corrected chi connectivity index (χ3v) is 5.19. The van der Waals surface area contributed by atoms with Gasteiger partial charge in [0.15, 0.2) is 0 Å². The van der Waals surface area contributed by atoms with Crippen LogP contribution >= 0.6 is 68.7 Å². The van der Waals surface area contributed by atoms with Gasteiger partial charge in [0.05, 0.1) is 20.3 Å². The number of benzene rings is 1. The molecule has 3 rings (SSSR count). The van der Waals surface area contributed by atoms with Crippen molar-refractivity contribution in [2.45, 2.75) is 0 Å². The quantitative estimate of drug-likeness (QED) is 0.346. The van der Waals surface area contributed by atoms with Crippen LogP contribution in [-0.2, 0) is 0 Å². The van der Waals surface area contributed by atoms with E-state index in [2.05, 4.69) is 32.6 Å². The largest absolute Gasteiger partial charge is 0.243 e. The molecule has 0 bridgehead atoms. The van der Waals surface area contributed by atoms with E-state index < -0.39 is 0 Å². The molecule has 0 N–H and O–H groups in total. The minimum absolute atomic E-state index is 0.444. The number of aromatic nitrogens is 2. The predicted molar refractivity (Wildman–Crippen MR) is 90.6 cm³/mol. The number of pyridine rings is 1. The monoisotopic (exact) mass is 440 g/mol.